The zero-order chi connectivity index (χ0) is 9.68. The zero-order valence-electron chi connectivity index (χ0n) is 7.15. The summed E-state index contributed by atoms with van der Waals surface area (Å²) in [5.74, 6) is 0. The van der Waals surface area contributed by atoms with E-state index in [4.69, 9.17) is 5.26 Å². The highest BCUT2D eigenvalue weighted by molar-refractivity contribution is 7.12. The van der Waals surface area contributed by atoms with Crippen LogP contribution in [0.2, 0.25) is 0 Å². The van der Waals surface area contributed by atoms with Crippen LogP contribution in [0.1, 0.15) is 22.7 Å². The Hall–Kier alpha value is -1.43. The van der Waals surface area contributed by atoms with E-state index in [0.717, 1.165) is 11.3 Å². The Morgan fingerprint density at radius 2 is 2.46 bits per heavy atom. The first-order chi connectivity index (χ1) is 6.31. The maximum atomic E-state index is 9.99. The van der Waals surface area contributed by atoms with Crippen molar-refractivity contribution in [3.8, 4) is 6.07 Å². The van der Waals surface area contributed by atoms with Crippen molar-refractivity contribution in [2.45, 2.75) is 19.4 Å². The molecule has 66 valence electrons. The first-order valence-corrected chi connectivity index (χ1v) is 4.68. The molecule has 1 atom stereocenters. The number of carbonyl (C=O) groups excluding carboxylic acids is 1. The molecular weight excluding hydrogens is 184 g/mol. The van der Waals surface area contributed by atoms with E-state index < -0.39 is 6.04 Å². The lowest BCUT2D eigenvalue weighted by atomic mass is 10.3. The Balaban J connectivity index is 2.93. The summed E-state index contributed by atoms with van der Waals surface area (Å²) in [6.07, 6.45) is 2.34. The molecule has 0 aliphatic heterocycles. The minimum atomic E-state index is -0.678. The predicted molar refractivity (Wildman–Crippen MR) is 50.2 cm³/mol. The van der Waals surface area contributed by atoms with Gasteiger partial charge in [0.15, 0.2) is 6.04 Å². The minimum absolute atomic E-state index is 0.678. The van der Waals surface area contributed by atoms with E-state index in [1.54, 1.807) is 0 Å². The summed E-state index contributed by atoms with van der Waals surface area (Å²) in [6.45, 7) is 2.04. The maximum absolute atomic E-state index is 9.99. The van der Waals surface area contributed by atoms with E-state index >= 15 is 0 Å². The molecule has 1 aromatic heterocycles. The van der Waals surface area contributed by atoms with Crippen LogP contribution in [-0.2, 0) is 11.2 Å². The van der Waals surface area contributed by atoms with Gasteiger partial charge in [-0.25, -0.2) is 4.79 Å². The Bertz CT molecular complexity index is 371. The van der Waals surface area contributed by atoms with E-state index in [-0.39, 0.29) is 0 Å². The van der Waals surface area contributed by atoms with Crippen molar-refractivity contribution in [1.82, 2.24) is 0 Å². The highest BCUT2D eigenvalue weighted by Crippen LogP contribution is 2.25. The van der Waals surface area contributed by atoms with E-state index in [1.165, 1.54) is 22.3 Å². The standard InChI is InChI=1S/C9H8N2OS/c1-2-7-3-4-9(13-7)8(5-10)11-6-12/h3-4,8H,2H2,1H3. The molecule has 3 nitrogen and oxygen atoms in total. The van der Waals surface area contributed by atoms with Crippen molar-refractivity contribution >= 4 is 17.4 Å². The van der Waals surface area contributed by atoms with Gasteiger partial charge in [0.25, 0.3) is 0 Å². The molecule has 0 aliphatic rings. The van der Waals surface area contributed by atoms with Crippen molar-refractivity contribution in [2.75, 3.05) is 0 Å². The van der Waals surface area contributed by atoms with E-state index in [1.807, 2.05) is 25.1 Å². The van der Waals surface area contributed by atoms with Crippen LogP contribution in [0.4, 0.5) is 0 Å². The van der Waals surface area contributed by atoms with Gasteiger partial charge >= 0.3 is 0 Å². The number of nitrogens with zero attached hydrogens (tertiary/aromatic N) is 2. The number of isocyanates is 1. The van der Waals surface area contributed by atoms with Gasteiger partial charge in [-0.15, -0.1) is 11.3 Å². The van der Waals surface area contributed by atoms with Gasteiger partial charge in [0.05, 0.1) is 6.07 Å². The third-order valence-electron chi connectivity index (χ3n) is 1.60. The first-order valence-electron chi connectivity index (χ1n) is 3.87. The summed E-state index contributed by atoms with van der Waals surface area (Å²) in [5.41, 5.74) is 0. The Kier molecular flexibility index (Phi) is 3.39. The molecule has 0 fully saturated rings. The molecule has 0 aliphatic carbocycles. The van der Waals surface area contributed by atoms with Crippen LogP contribution in [0.15, 0.2) is 17.1 Å². The molecule has 0 N–H and O–H groups in total. The van der Waals surface area contributed by atoms with Gasteiger partial charge in [0.2, 0.25) is 6.08 Å². The second kappa shape index (κ2) is 4.56. The first kappa shape index (κ1) is 9.66. The van der Waals surface area contributed by atoms with E-state index in [9.17, 15) is 4.79 Å². The molecule has 13 heavy (non-hydrogen) atoms. The monoisotopic (exact) mass is 192 g/mol. The van der Waals surface area contributed by atoms with Crippen LogP contribution in [-0.4, -0.2) is 6.08 Å². The molecule has 1 rings (SSSR count). The van der Waals surface area contributed by atoms with Crippen LogP contribution >= 0.6 is 11.3 Å². The van der Waals surface area contributed by atoms with E-state index in [0.29, 0.717) is 0 Å². The number of thiophene rings is 1. The van der Waals surface area contributed by atoms with Crippen LogP contribution in [0.25, 0.3) is 0 Å². The van der Waals surface area contributed by atoms with Gasteiger partial charge in [-0.2, -0.15) is 10.3 Å². The minimum Gasteiger partial charge on any atom is -0.211 e. The number of aliphatic imine (C=N–C) groups is 1. The SMILES string of the molecule is CCc1ccc(C(C#N)N=C=O)s1. The molecule has 1 heterocycles. The van der Waals surface area contributed by atoms with Crippen molar-refractivity contribution in [3.05, 3.63) is 21.9 Å². The summed E-state index contributed by atoms with van der Waals surface area (Å²) < 4.78 is 0. The molecule has 0 saturated heterocycles. The molecule has 0 aromatic carbocycles. The topological polar surface area (TPSA) is 53.2 Å². The van der Waals surface area contributed by atoms with Crippen molar-refractivity contribution in [1.29, 1.82) is 5.26 Å². The van der Waals surface area contributed by atoms with E-state index in [2.05, 4.69) is 4.99 Å². The lowest BCUT2D eigenvalue weighted by molar-refractivity contribution is 0.561. The third-order valence-corrected chi connectivity index (χ3v) is 2.89. The molecular formula is C9H8N2OS. The molecule has 0 saturated carbocycles. The van der Waals surface area contributed by atoms with Gasteiger partial charge in [-0.05, 0) is 18.6 Å². The number of nitriles is 1. The normalized spacial score (nSPS) is 11.4. The van der Waals surface area contributed by atoms with Gasteiger partial charge in [-0.1, -0.05) is 6.92 Å². The number of rotatable bonds is 3. The molecule has 0 amide bonds. The second-order valence-electron chi connectivity index (χ2n) is 2.41. The number of hydrogen-bond donors (Lipinski definition) is 0. The zero-order valence-corrected chi connectivity index (χ0v) is 7.97. The average molecular weight is 192 g/mol. The van der Waals surface area contributed by atoms with Gasteiger partial charge in [0, 0.05) is 9.75 Å². The van der Waals surface area contributed by atoms with Gasteiger partial charge in [0.1, 0.15) is 0 Å². The Morgan fingerprint density at radius 1 is 1.69 bits per heavy atom. The van der Waals surface area contributed by atoms with Crippen LogP contribution in [0.5, 0.6) is 0 Å². The summed E-state index contributed by atoms with van der Waals surface area (Å²) in [6, 6.07) is 5.04. The molecule has 1 aromatic rings. The van der Waals surface area contributed by atoms with Crippen molar-refractivity contribution in [2.24, 2.45) is 4.99 Å². The average Bonchev–Trinajstić information content (AvgIpc) is 2.62. The Labute approximate surface area is 80.3 Å². The smallest absolute Gasteiger partial charge is 0.211 e. The van der Waals surface area contributed by atoms with Gasteiger partial charge < -0.3 is 0 Å². The van der Waals surface area contributed by atoms with Crippen molar-refractivity contribution in [3.63, 3.8) is 0 Å². The fraction of sp³-hybridized carbons (Fsp3) is 0.333. The Morgan fingerprint density at radius 3 is 2.92 bits per heavy atom. The molecule has 0 radical (unpaired) electrons. The van der Waals surface area contributed by atoms with Crippen LogP contribution in [0, 0.1) is 11.3 Å². The largest absolute Gasteiger partial charge is 0.236 e. The summed E-state index contributed by atoms with van der Waals surface area (Å²) in [5, 5.41) is 8.68. The van der Waals surface area contributed by atoms with Crippen LogP contribution in [0.3, 0.4) is 0 Å². The van der Waals surface area contributed by atoms with Crippen LogP contribution < -0.4 is 0 Å². The summed E-state index contributed by atoms with van der Waals surface area (Å²) in [4.78, 5) is 15.4. The van der Waals surface area contributed by atoms with Crippen molar-refractivity contribution < 1.29 is 4.79 Å². The summed E-state index contributed by atoms with van der Waals surface area (Å²) in [7, 11) is 0. The predicted octanol–water partition coefficient (Wildman–Crippen LogP) is 2.21. The molecule has 4 heteroatoms. The fourth-order valence-electron chi connectivity index (χ4n) is 0.940. The highest BCUT2D eigenvalue weighted by atomic mass is 32.1. The molecule has 1 unspecified atom stereocenters. The lowest BCUT2D eigenvalue weighted by Crippen LogP contribution is -1.85. The third kappa shape index (κ3) is 2.25. The fourth-order valence-corrected chi connectivity index (χ4v) is 1.88. The maximum Gasteiger partial charge on any atom is 0.236 e. The number of hydrogen-bond acceptors (Lipinski definition) is 4. The quantitative estimate of drug-likeness (QED) is 0.544. The molecule has 0 bridgehead atoms. The second-order valence-corrected chi connectivity index (χ2v) is 3.61. The van der Waals surface area contributed by atoms with Gasteiger partial charge in [-0.3, -0.25) is 0 Å². The highest BCUT2D eigenvalue weighted by Gasteiger charge is 2.10. The molecule has 0 spiro atoms. The number of aryl methyl sites for hydroxylation is 1. The lowest BCUT2D eigenvalue weighted by Gasteiger charge is -1.94. The summed E-state index contributed by atoms with van der Waals surface area (Å²) >= 11 is 1.51.